The van der Waals surface area contributed by atoms with Gasteiger partial charge >= 0.3 is 0 Å². The van der Waals surface area contributed by atoms with E-state index in [1.165, 1.54) is 13.2 Å². The van der Waals surface area contributed by atoms with E-state index in [-0.39, 0.29) is 24.2 Å². The predicted octanol–water partition coefficient (Wildman–Crippen LogP) is 1.48. The van der Waals surface area contributed by atoms with Crippen LogP contribution in [0.5, 0.6) is 5.75 Å². The largest absolute Gasteiger partial charge is 0.494 e. The Labute approximate surface area is 88.9 Å². The number of hydrogen-bond acceptors (Lipinski definition) is 3. The maximum absolute atomic E-state index is 13.3. The van der Waals surface area contributed by atoms with Crippen LogP contribution >= 0.6 is 0 Å². The van der Waals surface area contributed by atoms with E-state index in [0.717, 1.165) is 5.56 Å². The summed E-state index contributed by atoms with van der Waals surface area (Å²) in [4.78, 5) is 0. The Morgan fingerprint density at radius 1 is 1.53 bits per heavy atom. The van der Waals surface area contributed by atoms with Gasteiger partial charge in [-0.1, -0.05) is 6.07 Å². The lowest BCUT2D eigenvalue weighted by atomic mass is 10.1. The summed E-state index contributed by atoms with van der Waals surface area (Å²) in [6.07, 6.45) is 0. The molecule has 0 spiro atoms. The summed E-state index contributed by atoms with van der Waals surface area (Å²) in [6.45, 7) is 2.48. The van der Waals surface area contributed by atoms with Crippen molar-refractivity contribution in [3.63, 3.8) is 0 Å². The van der Waals surface area contributed by atoms with E-state index < -0.39 is 0 Å². The Morgan fingerprint density at radius 2 is 2.27 bits per heavy atom. The zero-order valence-corrected chi connectivity index (χ0v) is 8.96. The second kappa shape index (κ2) is 5.68. The molecule has 0 saturated carbocycles. The van der Waals surface area contributed by atoms with Crippen LogP contribution in [0.25, 0.3) is 0 Å². The lowest BCUT2D eigenvalue weighted by Gasteiger charge is -2.14. The fraction of sp³-hybridized carbons (Fsp3) is 0.455. The molecule has 84 valence electrons. The number of aliphatic hydroxyl groups is 1. The van der Waals surface area contributed by atoms with Crippen LogP contribution < -0.4 is 10.1 Å². The number of benzene rings is 1. The summed E-state index contributed by atoms with van der Waals surface area (Å²) >= 11 is 0. The molecule has 0 bridgehead atoms. The Hall–Kier alpha value is -1.13. The molecule has 1 aromatic carbocycles. The first-order valence-electron chi connectivity index (χ1n) is 4.86. The quantitative estimate of drug-likeness (QED) is 0.778. The highest BCUT2D eigenvalue weighted by Crippen LogP contribution is 2.21. The highest BCUT2D eigenvalue weighted by atomic mass is 19.1. The van der Waals surface area contributed by atoms with Crippen LogP contribution in [-0.2, 0) is 0 Å². The van der Waals surface area contributed by atoms with Crippen molar-refractivity contribution in [1.82, 2.24) is 5.32 Å². The molecule has 0 aliphatic rings. The van der Waals surface area contributed by atoms with E-state index in [1.54, 1.807) is 12.1 Å². The number of rotatable bonds is 5. The van der Waals surface area contributed by atoms with Gasteiger partial charge in [0.25, 0.3) is 0 Å². The third-order valence-corrected chi connectivity index (χ3v) is 2.24. The minimum absolute atomic E-state index is 0.0116. The van der Waals surface area contributed by atoms with Gasteiger partial charge in [0.15, 0.2) is 11.6 Å². The van der Waals surface area contributed by atoms with Crippen LogP contribution in [0.4, 0.5) is 4.39 Å². The van der Waals surface area contributed by atoms with Gasteiger partial charge in [0.2, 0.25) is 0 Å². The van der Waals surface area contributed by atoms with E-state index in [0.29, 0.717) is 6.54 Å². The second-order valence-electron chi connectivity index (χ2n) is 3.29. The molecule has 1 atom stereocenters. The summed E-state index contributed by atoms with van der Waals surface area (Å²) in [5, 5.41) is 11.7. The van der Waals surface area contributed by atoms with Crippen LogP contribution in [0, 0.1) is 5.82 Å². The third-order valence-electron chi connectivity index (χ3n) is 2.24. The molecule has 1 aromatic rings. The fourth-order valence-corrected chi connectivity index (χ4v) is 1.35. The van der Waals surface area contributed by atoms with Gasteiger partial charge in [0.05, 0.1) is 13.7 Å². The van der Waals surface area contributed by atoms with Gasteiger partial charge in [-0.25, -0.2) is 4.39 Å². The molecular formula is C11H16FNO2. The first kappa shape index (κ1) is 11.9. The van der Waals surface area contributed by atoms with Crippen LogP contribution in [0.15, 0.2) is 18.2 Å². The molecule has 15 heavy (non-hydrogen) atoms. The normalized spacial score (nSPS) is 12.5. The van der Waals surface area contributed by atoms with Gasteiger partial charge in [-0.3, -0.25) is 0 Å². The number of hydrogen-bond donors (Lipinski definition) is 2. The first-order chi connectivity index (χ1) is 7.19. The van der Waals surface area contributed by atoms with Crippen molar-refractivity contribution in [2.24, 2.45) is 0 Å². The molecule has 0 aliphatic carbocycles. The van der Waals surface area contributed by atoms with Crippen LogP contribution in [-0.4, -0.2) is 25.4 Å². The van der Waals surface area contributed by atoms with E-state index >= 15 is 0 Å². The molecule has 0 aliphatic heterocycles. The van der Waals surface area contributed by atoms with Crippen molar-refractivity contribution in [1.29, 1.82) is 0 Å². The monoisotopic (exact) mass is 213 g/mol. The third kappa shape index (κ3) is 3.18. The molecule has 1 rings (SSSR count). The average molecular weight is 213 g/mol. The molecule has 4 heteroatoms. The van der Waals surface area contributed by atoms with Gasteiger partial charge in [-0.15, -0.1) is 0 Å². The summed E-state index contributed by atoms with van der Waals surface area (Å²) in [5.74, 6) is -0.124. The SMILES string of the molecule is COc1ccc([C@@H](C)NCCO)cc1F. The highest BCUT2D eigenvalue weighted by molar-refractivity contribution is 5.30. The topological polar surface area (TPSA) is 41.5 Å². The molecule has 0 unspecified atom stereocenters. The van der Waals surface area contributed by atoms with Crippen molar-refractivity contribution in [3.8, 4) is 5.75 Å². The summed E-state index contributed by atoms with van der Waals surface area (Å²) < 4.78 is 18.2. The Morgan fingerprint density at radius 3 is 2.80 bits per heavy atom. The minimum atomic E-state index is -0.368. The molecular weight excluding hydrogens is 197 g/mol. The number of nitrogens with one attached hydrogen (secondary N) is 1. The van der Waals surface area contributed by atoms with Crippen LogP contribution in [0.3, 0.4) is 0 Å². The Kier molecular flexibility index (Phi) is 4.52. The molecule has 0 saturated heterocycles. The van der Waals surface area contributed by atoms with Gasteiger partial charge in [0, 0.05) is 12.6 Å². The lowest BCUT2D eigenvalue weighted by molar-refractivity contribution is 0.286. The van der Waals surface area contributed by atoms with Crippen LogP contribution in [0.1, 0.15) is 18.5 Å². The van der Waals surface area contributed by atoms with Crippen LogP contribution in [0.2, 0.25) is 0 Å². The maximum atomic E-state index is 13.3. The van der Waals surface area contributed by atoms with Crippen molar-refractivity contribution >= 4 is 0 Å². The fourth-order valence-electron chi connectivity index (χ4n) is 1.35. The van der Waals surface area contributed by atoms with Gasteiger partial charge < -0.3 is 15.2 Å². The van der Waals surface area contributed by atoms with Crippen molar-refractivity contribution < 1.29 is 14.2 Å². The average Bonchev–Trinajstić information content (AvgIpc) is 2.25. The van der Waals surface area contributed by atoms with Crippen molar-refractivity contribution in [2.75, 3.05) is 20.3 Å². The smallest absolute Gasteiger partial charge is 0.165 e. The Balaban J connectivity index is 2.73. The summed E-state index contributed by atoms with van der Waals surface area (Å²) in [5.41, 5.74) is 0.835. The number of aliphatic hydroxyl groups excluding tert-OH is 1. The predicted molar refractivity (Wildman–Crippen MR) is 56.5 cm³/mol. The van der Waals surface area contributed by atoms with Gasteiger partial charge in [0.1, 0.15) is 0 Å². The minimum Gasteiger partial charge on any atom is -0.494 e. The molecule has 0 fully saturated rings. The first-order valence-corrected chi connectivity index (χ1v) is 4.86. The second-order valence-corrected chi connectivity index (χ2v) is 3.29. The summed E-state index contributed by atoms with van der Waals surface area (Å²) in [6, 6.07) is 4.85. The zero-order chi connectivity index (χ0) is 11.3. The number of methoxy groups -OCH3 is 1. The van der Waals surface area contributed by atoms with Crippen molar-refractivity contribution in [3.05, 3.63) is 29.6 Å². The van der Waals surface area contributed by atoms with E-state index in [9.17, 15) is 4.39 Å². The standard InChI is InChI=1S/C11H16FNO2/c1-8(13-5-6-14)9-3-4-11(15-2)10(12)7-9/h3-4,7-8,13-14H,5-6H2,1-2H3/t8-/m1/s1. The van der Waals surface area contributed by atoms with Gasteiger partial charge in [-0.05, 0) is 24.6 Å². The Bertz CT molecular complexity index is 317. The summed E-state index contributed by atoms with van der Waals surface area (Å²) in [7, 11) is 1.44. The molecule has 2 N–H and O–H groups in total. The molecule has 0 amide bonds. The zero-order valence-electron chi connectivity index (χ0n) is 8.96. The van der Waals surface area contributed by atoms with Gasteiger partial charge in [-0.2, -0.15) is 0 Å². The van der Waals surface area contributed by atoms with E-state index in [4.69, 9.17) is 9.84 Å². The van der Waals surface area contributed by atoms with E-state index in [2.05, 4.69) is 5.32 Å². The molecule has 0 radical (unpaired) electrons. The highest BCUT2D eigenvalue weighted by Gasteiger charge is 2.08. The molecule has 3 nitrogen and oxygen atoms in total. The van der Waals surface area contributed by atoms with E-state index in [1.807, 2.05) is 6.92 Å². The van der Waals surface area contributed by atoms with Crippen molar-refractivity contribution in [2.45, 2.75) is 13.0 Å². The lowest BCUT2D eigenvalue weighted by Crippen LogP contribution is -2.22. The molecule has 0 aromatic heterocycles. The number of ether oxygens (including phenoxy) is 1. The molecule has 0 heterocycles. The number of halogens is 1. The maximum Gasteiger partial charge on any atom is 0.165 e.